The molecule has 1 saturated carbocycles. The number of H-pyrrole nitrogens is 2. The van der Waals surface area contributed by atoms with Crippen LogP contribution in [0.2, 0.25) is 0 Å². The molecule has 5 nitrogen and oxygen atoms in total. The number of hydrogen-bond donors (Lipinski definition) is 4. The summed E-state index contributed by atoms with van der Waals surface area (Å²) in [6.45, 7) is 2.98. The molecule has 0 aromatic carbocycles. The molecule has 2 unspecified atom stereocenters. The zero-order valence-electron chi connectivity index (χ0n) is 8.84. The average molecular weight is 211 g/mol. The molecule has 1 aromatic rings. The van der Waals surface area contributed by atoms with Gasteiger partial charge in [0.15, 0.2) is 0 Å². The van der Waals surface area contributed by atoms with E-state index in [0.29, 0.717) is 11.7 Å². The molecule has 1 fully saturated rings. The van der Waals surface area contributed by atoms with Crippen LogP contribution in [0.3, 0.4) is 0 Å². The fraction of sp³-hybridized carbons (Fsp3) is 0.700. The number of imidazole rings is 1. The van der Waals surface area contributed by atoms with Crippen LogP contribution in [-0.4, -0.2) is 27.7 Å². The van der Waals surface area contributed by atoms with Crippen molar-refractivity contribution in [1.29, 1.82) is 0 Å². The van der Waals surface area contributed by atoms with E-state index < -0.39 is 0 Å². The van der Waals surface area contributed by atoms with Crippen LogP contribution in [0, 0.1) is 0 Å². The Balaban J connectivity index is 2.22. The maximum atomic E-state index is 11.0. The van der Waals surface area contributed by atoms with Gasteiger partial charge in [-0.15, -0.1) is 0 Å². The average Bonchev–Trinajstić information content (AvgIpc) is 2.73. The molecule has 2 rings (SSSR count). The molecular formula is C10H17N3O2. The number of hydrogen-bond acceptors (Lipinski definition) is 3. The highest BCUT2D eigenvalue weighted by Gasteiger charge is 2.31. The van der Waals surface area contributed by atoms with Crippen molar-refractivity contribution < 1.29 is 5.11 Å². The van der Waals surface area contributed by atoms with E-state index in [1.807, 2.05) is 0 Å². The molecule has 1 aliphatic carbocycles. The Morgan fingerprint density at radius 1 is 1.47 bits per heavy atom. The van der Waals surface area contributed by atoms with Crippen LogP contribution >= 0.6 is 0 Å². The molecule has 1 aliphatic rings. The Morgan fingerprint density at radius 2 is 2.27 bits per heavy atom. The van der Waals surface area contributed by atoms with Crippen LogP contribution in [0.15, 0.2) is 4.79 Å². The zero-order chi connectivity index (χ0) is 10.8. The molecule has 1 heterocycles. The van der Waals surface area contributed by atoms with Crippen LogP contribution in [0.25, 0.3) is 0 Å². The van der Waals surface area contributed by atoms with Gasteiger partial charge in [-0.3, -0.25) is 4.98 Å². The first-order chi connectivity index (χ1) is 7.22. The third-order valence-corrected chi connectivity index (χ3v) is 3.09. The first-order valence-electron chi connectivity index (χ1n) is 5.47. The molecule has 0 radical (unpaired) electrons. The summed E-state index contributed by atoms with van der Waals surface area (Å²) in [5, 5.41) is 12.9. The monoisotopic (exact) mass is 211 g/mol. The Hall–Kier alpha value is -1.23. The second-order valence-corrected chi connectivity index (χ2v) is 4.04. The topological polar surface area (TPSA) is 80.9 Å². The lowest BCUT2D eigenvalue weighted by Crippen LogP contribution is -2.31. The normalized spacial score (nSPS) is 25.9. The second kappa shape index (κ2) is 4.10. The van der Waals surface area contributed by atoms with Crippen molar-refractivity contribution in [1.82, 2.24) is 15.3 Å². The van der Waals surface area contributed by atoms with E-state index in [1.165, 1.54) is 0 Å². The molecule has 4 N–H and O–H groups in total. The van der Waals surface area contributed by atoms with Crippen LogP contribution in [-0.2, 0) is 0 Å². The highest BCUT2D eigenvalue weighted by Crippen LogP contribution is 2.36. The highest BCUT2D eigenvalue weighted by atomic mass is 16.3. The zero-order valence-corrected chi connectivity index (χ0v) is 8.84. The number of nitrogens with one attached hydrogen (secondary N) is 3. The number of aromatic nitrogens is 2. The van der Waals surface area contributed by atoms with Crippen LogP contribution < -0.4 is 11.0 Å². The molecule has 0 bridgehead atoms. The van der Waals surface area contributed by atoms with E-state index in [-0.39, 0.29) is 17.5 Å². The first kappa shape index (κ1) is 10.3. The van der Waals surface area contributed by atoms with E-state index in [9.17, 15) is 9.90 Å². The lowest BCUT2D eigenvalue weighted by molar-refractivity contribution is 0.425. The summed E-state index contributed by atoms with van der Waals surface area (Å²) in [4.78, 5) is 16.1. The SMILES string of the molecule is CCNC1CCCC1c1[nH]c(=O)[nH]c1O. The van der Waals surface area contributed by atoms with Gasteiger partial charge in [0.2, 0.25) is 5.88 Å². The molecule has 0 amide bonds. The van der Waals surface area contributed by atoms with E-state index in [4.69, 9.17) is 0 Å². The van der Waals surface area contributed by atoms with Crippen molar-refractivity contribution in [2.75, 3.05) is 6.54 Å². The van der Waals surface area contributed by atoms with Gasteiger partial charge in [0.25, 0.3) is 0 Å². The van der Waals surface area contributed by atoms with Crippen LogP contribution in [0.5, 0.6) is 5.88 Å². The highest BCUT2D eigenvalue weighted by molar-refractivity contribution is 5.23. The Morgan fingerprint density at radius 3 is 2.87 bits per heavy atom. The first-order valence-corrected chi connectivity index (χ1v) is 5.47. The van der Waals surface area contributed by atoms with Crippen molar-refractivity contribution in [3.05, 3.63) is 16.2 Å². The number of likely N-dealkylation sites (N-methyl/N-ethyl adjacent to an activating group) is 1. The summed E-state index contributed by atoms with van der Waals surface area (Å²) in [5.41, 5.74) is 0.327. The summed E-state index contributed by atoms with van der Waals surface area (Å²) in [6.07, 6.45) is 3.25. The van der Waals surface area contributed by atoms with Gasteiger partial charge in [0.1, 0.15) is 0 Å². The summed E-state index contributed by atoms with van der Waals surface area (Å²) < 4.78 is 0. The summed E-state index contributed by atoms with van der Waals surface area (Å²) in [5.74, 6) is 0.221. The standard InChI is InChI=1S/C10H17N3O2/c1-2-11-7-5-3-4-6(7)8-9(14)13-10(15)12-8/h6-7,11,14H,2-5H2,1H3,(H2,12,13,15). The molecule has 15 heavy (non-hydrogen) atoms. The van der Waals surface area contributed by atoms with Gasteiger partial charge in [-0.05, 0) is 19.4 Å². The molecule has 0 saturated heterocycles. The smallest absolute Gasteiger partial charge is 0.325 e. The largest absolute Gasteiger partial charge is 0.493 e. The lowest BCUT2D eigenvalue weighted by atomic mass is 10.00. The molecule has 1 aromatic heterocycles. The minimum Gasteiger partial charge on any atom is -0.493 e. The quantitative estimate of drug-likeness (QED) is 0.592. The van der Waals surface area contributed by atoms with E-state index in [2.05, 4.69) is 22.2 Å². The van der Waals surface area contributed by atoms with Gasteiger partial charge in [0, 0.05) is 12.0 Å². The van der Waals surface area contributed by atoms with Crippen molar-refractivity contribution in [3.63, 3.8) is 0 Å². The van der Waals surface area contributed by atoms with E-state index in [0.717, 1.165) is 25.8 Å². The fourth-order valence-electron chi connectivity index (χ4n) is 2.47. The minimum absolute atomic E-state index is 0.00481. The lowest BCUT2D eigenvalue weighted by Gasteiger charge is -2.18. The maximum Gasteiger partial charge on any atom is 0.325 e. The Bertz CT molecular complexity index is 382. The van der Waals surface area contributed by atoms with Crippen molar-refractivity contribution >= 4 is 0 Å². The maximum absolute atomic E-state index is 11.0. The number of rotatable bonds is 3. The summed E-state index contributed by atoms with van der Waals surface area (Å²) >= 11 is 0. The summed E-state index contributed by atoms with van der Waals surface area (Å²) in [7, 11) is 0. The Kier molecular flexibility index (Phi) is 2.81. The van der Waals surface area contributed by atoms with Gasteiger partial charge in [-0.1, -0.05) is 13.3 Å². The van der Waals surface area contributed by atoms with Crippen molar-refractivity contribution in [2.45, 2.75) is 38.1 Å². The third kappa shape index (κ3) is 1.92. The van der Waals surface area contributed by atoms with Gasteiger partial charge in [-0.25, -0.2) is 4.79 Å². The van der Waals surface area contributed by atoms with Crippen LogP contribution in [0.1, 0.15) is 37.8 Å². The van der Waals surface area contributed by atoms with E-state index in [1.54, 1.807) is 0 Å². The number of aromatic hydroxyl groups is 1. The van der Waals surface area contributed by atoms with Crippen molar-refractivity contribution in [3.8, 4) is 5.88 Å². The van der Waals surface area contributed by atoms with Gasteiger partial charge >= 0.3 is 5.69 Å². The molecular weight excluding hydrogens is 194 g/mol. The predicted molar refractivity (Wildman–Crippen MR) is 57.1 cm³/mol. The van der Waals surface area contributed by atoms with Gasteiger partial charge in [0.05, 0.1) is 5.69 Å². The fourth-order valence-corrected chi connectivity index (χ4v) is 2.47. The molecule has 0 spiro atoms. The molecule has 0 aliphatic heterocycles. The van der Waals surface area contributed by atoms with E-state index >= 15 is 0 Å². The Labute approximate surface area is 87.9 Å². The molecule has 2 atom stereocenters. The molecule has 84 valence electrons. The van der Waals surface area contributed by atoms with Crippen LogP contribution in [0.4, 0.5) is 0 Å². The predicted octanol–water partition coefficient (Wildman–Crippen LogP) is 0.654. The van der Waals surface area contributed by atoms with Gasteiger partial charge in [-0.2, -0.15) is 0 Å². The minimum atomic E-state index is -0.329. The summed E-state index contributed by atoms with van der Waals surface area (Å²) in [6, 6.07) is 0.368. The third-order valence-electron chi connectivity index (χ3n) is 3.09. The van der Waals surface area contributed by atoms with Gasteiger partial charge < -0.3 is 15.4 Å². The van der Waals surface area contributed by atoms with Crippen molar-refractivity contribution in [2.24, 2.45) is 0 Å². The second-order valence-electron chi connectivity index (χ2n) is 4.04. The number of aromatic amines is 2. The molecule has 5 heteroatoms.